The summed E-state index contributed by atoms with van der Waals surface area (Å²) in [5.41, 5.74) is 5.04. The lowest BCUT2D eigenvalue weighted by molar-refractivity contribution is -0.286. The number of carbonyl (C=O) groups excluding carboxylic acids is 4. The number of aliphatic hydroxyl groups is 1. The Balaban J connectivity index is 0.601. The second kappa shape index (κ2) is 24.4. The van der Waals surface area contributed by atoms with Crippen LogP contribution < -0.4 is 36.3 Å². The molecule has 1 atom stereocenters. The molecule has 3 aliphatic rings. The summed E-state index contributed by atoms with van der Waals surface area (Å²) in [5, 5.41) is 28.2. The van der Waals surface area contributed by atoms with E-state index in [-0.39, 0.29) is 65.2 Å². The Bertz CT molecular complexity index is 3540. The van der Waals surface area contributed by atoms with Crippen molar-refractivity contribution in [3.05, 3.63) is 154 Å². The predicted octanol–water partition coefficient (Wildman–Crippen LogP) is 8.29. The predicted molar refractivity (Wildman–Crippen MR) is 305 cm³/mol. The third kappa shape index (κ3) is 13.2. The highest BCUT2D eigenvalue weighted by molar-refractivity contribution is 6.01. The van der Waals surface area contributed by atoms with Crippen molar-refractivity contribution in [2.75, 3.05) is 38.0 Å². The highest BCUT2D eigenvalue weighted by Gasteiger charge is 2.53. The van der Waals surface area contributed by atoms with Crippen molar-refractivity contribution in [3.63, 3.8) is 0 Å². The number of unbranched alkanes of at least 4 members (excludes halogenated alkanes) is 4. The van der Waals surface area contributed by atoms with E-state index in [4.69, 9.17) is 4.98 Å². The summed E-state index contributed by atoms with van der Waals surface area (Å²) in [7, 11) is 1.77. The van der Waals surface area contributed by atoms with E-state index in [1.165, 1.54) is 23.0 Å². The molecule has 20 heteroatoms. The van der Waals surface area contributed by atoms with Gasteiger partial charge in [0.25, 0.3) is 11.5 Å². The fourth-order valence-corrected chi connectivity index (χ4v) is 10.9. The summed E-state index contributed by atoms with van der Waals surface area (Å²) in [6.45, 7) is 6.52. The normalized spacial score (nSPS) is 15.9. The molecule has 0 bridgehead atoms. The van der Waals surface area contributed by atoms with E-state index in [0.717, 1.165) is 54.4 Å². The first-order valence-electron chi connectivity index (χ1n) is 28.1. The van der Waals surface area contributed by atoms with Crippen molar-refractivity contribution in [2.45, 2.75) is 114 Å². The number of aryl methyl sites for hydroxylation is 2. The first kappa shape index (κ1) is 56.9. The number of rotatable bonds is 23. The van der Waals surface area contributed by atoms with Gasteiger partial charge in [0.2, 0.25) is 17.7 Å². The van der Waals surface area contributed by atoms with E-state index in [1.54, 1.807) is 47.0 Å². The van der Waals surface area contributed by atoms with Gasteiger partial charge in [-0.1, -0.05) is 105 Å². The molecule has 4 amide bonds. The number of amides is 4. The second-order valence-corrected chi connectivity index (χ2v) is 22.0. The molecule has 7 aromatic rings. The monoisotopic (exact) mass is 1120 g/mol. The maximum Gasteiger partial charge on any atom is 0.586 e. The van der Waals surface area contributed by atoms with Crippen molar-refractivity contribution < 1.29 is 42.5 Å². The Morgan fingerprint density at radius 1 is 0.780 bits per heavy atom. The molecule has 82 heavy (non-hydrogen) atoms. The molecule has 18 nitrogen and oxygen atoms in total. The van der Waals surface area contributed by atoms with Gasteiger partial charge in [-0.2, -0.15) is 5.10 Å². The second-order valence-electron chi connectivity index (χ2n) is 22.0. The molecule has 5 N–H and O–H groups in total. The van der Waals surface area contributed by atoms with Crippen LogP contribution in [0.3, 0.4) is 0 Å². The van der Waals surface area contributed by atoms with Gasteiger partial charge in [-0.3, -0.25) is 33.2 Å². The number of likely N-dealkylation sites (tertiary alicyclic amines) is 1. The van der Waals surface area contributed by atoms with Crippen molar-refractivity contribution in [1.82, 2.24) is 45.2 Å². The van der Waals surface area contributed by atoms with Crippen molar-refractivity contribution in [1.29, 1.82) is 0 Å². The van der Waals surface area contributed by atoms with Gasteiger partial charge in [-0.15, -0.1) is 8.78 Å². The van der Waals surface area contributed by atoms with Gasteiger partial charge in [0.05, 0.1) is 41.8 Å². The molecule has 1 saturated carbocycles. The van der Waals surface area contributed by atoms with Gasteiger partial charge in [0.15, 0.2) is 17.0 Å². The van der Waals surface area contributed by atoms with Crippen LogP contribution in [0.4, 0.5) is 14.6 Å². The fraction of sp³-hybridized carbons (Fsp3) is 0.387. The van der Waals surface area contributed by atoms with E-state index in [2.05, 4.69) is 40.8 Å². The lowest BCUT2D eigenvalue weighted by Gasteiger charge is -2.38. The van der Waals surface area contributed by atoms with Crippen LogP contribution in [-0.2, 0) is 39.9 Å². The van der Waals surface area contributed by atoms with Gasteiger partial charge in [-0.05, 0) is 104 Å². The molecular weight excluding hydrogens is 1050 g/mol. The Labute approximate surface area is 473 Å². The van der Waals surface area contributed by atoms with E-state index >= 15 is 0 Å². The summed E-state index contributed by atoms with van der Waals surface area (Å²) in [4.78, 5) is 77.4. The molecule has 428 valence electrons. The first-order valence-corrected chi connectivity index (χ1v) is 28.1. The SMILES string of the molecule is Cc1ccc(NC(=O)C2(c3ccc4c(c3)OC(F)(F)O4)CC2)nc1-c1cccc(C(=O)NCCCCCCCNC(=O)CNCc2ccc(-c3c4ncn(CC5(O)CCN(C(=O)C[C@@H](C)c6ccccc6)CC5)c(=O)c4nn3C)cc2)c1. The van der Waals surface area contributed by atoms with Gasteiger partial charge in [0, 0.05) is 62.9 Å². The maximum atomic E-state index is 13.7. The molecule has 3 aromatic heterocycles. The summed E-state index contributed by atoms with van der Waals surface area (Å²) in [6, 6.07) is 32.9. The first-order chi connectivity index (χ1) is 39.5. The Hall–Kier alpha value is -8.36. The zero-order valence-electron chi connectivity index (χ0n) is 46.3. The Morgan fingerprint density at radius 2 is 1.50 bits per heavy atom. The Morgan fingerprint density at radius 3 is 2.24 bits per heavy atom. The topological polar surface area (TPSA) is 224 Å². The zero-order valence-corrected chi connectivity index (χ0v) is 46.3. The highest BCUT2D eigenvalue weighted by atomic mass is 19.3. The largest absolute Gasteiger partial charge is 0.586 e. The average Bonchev–Trinajstić information content (AvgIpc) is 3.47. The van der Waals surface area contributed by atoms with Crippen LogP contribution in [0.1, 0.15) is 110 Å². The third-order valence-corrected chi connectivity index (χ3v) is 15.9. The number of halogens is 2. The number of hydrogen-bond donors (Lipinski definition) is 5. The van der Waals surface area contributed by atoms with Gasteiger partial charge in [-0.25, -0.2) is 9.97 Å². The number of piperidine rings is 1. The summed E-state index contributed by atoms with van der Waals surface area (Å²) in [5.74, 6) is -0.332. The lowest BCUT2D eigenvalue weighted by Crippen LogP contribution is -2.49. The number of hydrogen-bond acceptors (Lipinski definition) is 12. The molecule has 0 spiro atoms. The van der Waals surface area contributed by atoms with E-state index < -0.39 is 17.3 Å². The fourth-order valence-electron chi connectivity index (χ4n) is 10.9. The number of anilines is 1. The van der Waals surface area contributed by atoms with Crippen LogP contribution in [0.5, 0.6) is 11.5 Å². The lowest BCUT2D eigenvalue weighted by atomic mass is 9.90. The molecular formula is C62H68F2N10O8. The molecule has 10 rings (SSSR count). The van der Waals surface area contributed by atoms with Gasteiger partial charge >= 0.3 is 6.29 Å². The maximum absolute atomic E-state index is 13.7. The minimum Gasteiger partial charge on any atom is -0.395 e. The standard InChI is InChI=1S/C62H68F2N10O8/c1-40-17-24-50(70-59(79)61(25-26-61)47-22-23-48-49(35-47)82-62(63,64)81-48)69-53(40)45-15-12-16-46(34-45)57(77)67-30-11-6-4-5-10-29-66-51(75)37-65-36-42-18-20-44(21-19-42)56-54-55(71-72(56)3)58(78)74(39-68-54)38-60(80)27-31-73(32-28-60)52(76)33-41(2)43-13-8-7-9-14-43/h7-9,12-24,34-35,39,41,65,80H,4-6,10-11,25-33,36-38H2,1-3H3,(H,66,75)(H,67,77)(H,69,70,79)/t41-/m1/s1. The van der Waals surface area contributed by atoms with Crippen LogP contribution in [0, 0.1) is 6.92 Å². The molecule has 5 heterocycles. The quantitative estimate of drug-likeness (QED) is 0.0382. The van der Waals surface area contributed by atoms with Crippen LogP contribution >= 0.6 is 0 Å². The zero-order chi connectivity index (χ0) is 57.6. The number of aromatic nitrogens is 5. The molecule has 0 unspecified atom stereocenters. The van der Waals surface area contributed by atoms with E-state index in [9.17, 15) is 37.9 Å². The molecule has 2 aliphatic heterocycles. The van der Waals surface area contributed by atoms with Crippen LogP contribution in [0.2, 0.25) is 0 Å². The number of benzene rings is 4. The molecule has 1 saturated heterocycles. The van der Waals surface area contributed by atoms with Crippen LogP contribution in [0.15, 0.2) is 120 Å². The number of nitrogens with zero attached hydrogens (tertiary/aromatic N) is 6. The van der Waals surface area contributed by atoms with Crippen molar-refractivity contribution in [2.24, 2.45) is 7.05 Å². The summed E-state index contributed by atoms with van der Waals surface area (Å²) >= 11 is 0. The Kier molecular flexibility index (Phi) is 16.9. The number of ether oxygens (including phenoxy) is 2. The molecule has 0 radical (unpaired) electrons. The number of fused-ring (bicyclic) bond motifs is 2. The van der Waals surface area contributed by atoms with Gasteiger partial charge in [0.1, 0.15) is 11.3 Å². The minimum absolute atomic E-state index is 0.0490. The van der Waals surface area contributed by atoms with Crippen LogP contribution in [0.25, 0.3) is 33.5 Å². The van der Waals surface area contributed by atoms with E-state index in [0.29, 0.717) is 104 Å². The average molecular weight is 1120 g/mol. The summed E-state index contributed by atoms with van der Waals surface area (Å²) < 4.78 is 39.5. The van der Waals surface area contributed by atoms with Gasteiger partial charge < -0.3 is 40.7 Å². The van der Waals surface area contributed by atoms with Crippen molar-refractivity contribution >= 4 is 40.5 Å². The molecule has 4 aromatic carbocycles. The van der Waals surface area contributed by atoms with Crippen molar-refractivity contribution in [3.8, 4) is 34.0 Å². The highest BCUT2D eigenvalue weighted by Crippen LogP contribution is 2.52. The molecule has 1 aliphatic carbocycles. The van der Waals surface area contributed by atoms with E-state index in [1.807, 2.05) is 80.6 Å². The number of carbonyl (C=O) groups is 4. The number of nitrogens with one attached hydrogen (secondary N) is 4. The third-order valence-electron chi connectivity index (χ3n) is 15.9. The summed E-state index contributed by atoms with van der Waals surface area (Å²) in [6.07, 6.45) is 4.31. The number of alkyl halides is 2. The minimum atomic E-state index is -3.75. The smallest absolute Gasteiger partial charge is 0.395 e. The van der Waals surface area contributed by atoms with Crippen LogP contribution in [-0.4, -0.2) is 103 Å². The molecule has 2 fully saturated rings. The number of pyridine rings is 1.